The monoisotopic (exact) mass is 504 g/mol. The van der Waals surface area contributed by atoms with E-state index in [2.05, 4.69) is 58.2 Å². The quantitative estimate of drug-likeness (QED) is 0.207. The molecule has 4 aromatic rings. The molecule has 3 aromatic carbocycles. The van der Waals surface area contributed by atoms with Crippen molar-refractivity contribution in [3.05, 3.63) is 90.3 Å². The summed E-state index contributed by atoms with van der Waals surface area (Å²) < 4.78 is 6.76. The van der Waals surface area contributed by atoms with E-state index in [-0.39, 0.29) is 11.4 Å². The zero-order valence-corrected chi connectivity index (χ0v) is 22.8. The van der Waals surface area contributed by atoms with E-state index in [0.29, 0.717) is 17.8 Å². The number of carbonyl (C=O) groups excluding carboxylic acids is 1. The average molecular weight is 505 g/mol. The molecular weight excluding hydrogens is 468 g/mol. The third-order valence-corrected chi connectivity index (χ3v) is 8.19. The zero-order chi connectivity index (χ0) is 27.0. The highest BCUT2D eigenvalue weighted by Gasteiger charge is 2.47. The van der Waals surface area contributed by atoms with Crippen LogP contribution >= 0.6 is 0 Å². The molecule has 4 nitrogen and oxygen atoms in total. The molecule has 4 heteroatoms. The summed E-state index contributed by atoms with van der Waals surface area (Å²) in [6.45, 7) is 16.3. The van der Waals surface area contributed by atoms with E-state index in [9.17, 15) is 4.79 Å². The maximum absolute atomic E-state index is 10.6. The van der Waals surface area contributed by atoms with Crippen LogP contribution in [-0.4, -0.2) is 21.4 Å². The summed E-state index contributed by atoms with van der Waals surface area (Å²) in [6, 6.07) is 17.7. The van der Waals surface area contributed by atoms with Gasteiger partial charge in [-0.15, -0.1) is 0 Å². The molecule has 0 amide bonds. The van der Waals surface area contributed by atoms with E-state index in [1.165, 1.54) is 24.8 Å². The van der Waals surface area contributed by atoms with E-state index in [1.807, 2.05) is 30.3 Å². The van der Waals surface area contributed by atoms with E-state index in [4.69, 9.17) is 14.7 Å². The van der Waals surface area contributed by atoms with Crippen LogP contribution in [0, 0.1) is 11.8 Å². The Hall–Kier alpha value is -3.79. The SMILES string of the molecule is C=Cc1nc2c3c(c4ccccc4c2nc1C=C)OC(C)(C)C1CCC(C)C[C@H]31.CC(=O)c1ccccc1. The van der Waals surface area contributed by atoms with Crippen molar-refractivity contribution in [1.82, 2.24) is 9.97 Å². The molecule has 3 atom stereocenters. The summed E-state index contributed by atoms with van der Waals surface area (Å²) in [6.07, 6.45) is 7.17. The van der Waals surface area contributed by atoms with Gasteiger partial charge in [0.25, 0.3) is 0 Å². The van der Waals surface area contributed by atoms with Crippen molar-refractivity contribution in [2.24, 2.45) is 11.8 Å². The topological polar surface area (TPSA) is 52.1 Å². The lowest BCUT2D eigenvalue weighted by Gasteiger charge is -2.49. The van der Waals surface area contributed by atoms with Crippen LogP contribution in [0.5, 0.6) is 5.75 Å². The third-order valence-electron chi connectivity index (χ3n) is 8.19. The molecule has 1 aromatic heterocycles. The Bertz CT molecular complexity index is 1540. The maximum atomic E-state index is 10.6. The van der Waals surface area contributed by atoms with Gasteiger partial charge >= 0.3 is 0 Å². The first-order valence-corrected chi connectivity index (χ1v) is 13.5. The van der Waals surface area contributed by atoms with Crippen LogP contribution in [0.2, 0.25) is 0 Å². The number of hydrogen-bond donors (Lipinski definition) is 0. The highest BCUT2D eigenvalue weighted by molar-refractivity contribution is 6.10. The summed E-state index contributed by atoms with van der Waals surface area (Å²) in [5, 5.41) is 2.22. The Kier molecular flexibility index (Phi) is 6.92. The van der Waals surface area contributed by atoms with E-state index in [0.717, 1.165) is 44.5 Å². The van der Waals surface area contributed by atoms with Crippen molar-refractivity contribution in [2.45, 2.75) is 58.5 Å². The number of ether oxygens (including phenoxy) is 1. The number of Topliss-reactive ketones (excluding diaryl/α,β-unsaturated/α-hetero) is 1. The number of nitrogens with zero attached hydrogens (tertiary/aromatic N) is 2. The predicted octanol–water partition coefficient (Wildman–Crippen LogP) is 8.65. The molecule has 1 saturated carbocycles. The normalized spacial score (nSPS) is 21.3. The first-order chi connectivity index (χ1) is 18.2. The molecule has 0 bridgehead atoms. The lowest BCUT2D eigenvalue weighted by Crippen LogP contribution is -2.46. The Morgan fingerprint density at radius 1 is 0.921 bits per heavy atom. The van der Waals surface area contributed by atoms with Gasteiger partial charge < -0.3 is 4.74 Å². The largest absolute Gasteiger partial charge is 0.487 e. The van der Waals surface area contributed by atoms with E-state index in [1.54, 1.807) is 19.1 Å². The molecule has 0 N–H and O–H groups in total. The zero-order valence-electron chi connectivity index (χ0n) is 22.8. The maximum Gasteiger partial charge on any atom is 0.159 e. The number of aromatic nitrogens is 2. The summed E-state index contributed by atoms with van der Waals surface area (Å²) in [7, 11) is 0. The Morgan fingerprint density at radius 2 is 1.53 bits per heavy atom. The molecule has 6 rings (SSSR count). The second-order valence-corrected chi connectivity index (χ2v) is 11.1. The molecule has 0 radical (unpaired) electrons. The van der Waals surface area contributed by atoms with Gasteiger partial charge in [-0.1, -0.05) is 81.1 Å². The van der Waals surface area contributed by atoms with Gasteiger partial charge in [-0.05, 0) is 57.6 Å². The van der Waals surface area contributed by atoms with Gasteiger partial charge in [-0.2, -0.15) is 0 Å². The van der Waals surface area contributed by atoms with Crippen LogP contribution in [-0.2, 0) is 0 Å². The van der Waals surface area contributed by atoms with Crippen molar-refractivity contribution >= 4 is 39.7 Å². The number of fused-ring (bicyclic) bond motifs is 8. The highest BCUT2D eigenvalue weighted by Crippen LogP contribution is 2.56. The van der Waals surface area contributed by atoms with Gasteiger partial charge in [0, 0.05) is 27.8 Å². The van der Waals surface area contributed by atoms with Gasteiger partial charge in [0.1, 0.15) is 11.4 Å². The van der Waals surface area contributed by atoms with Gasteiger partial charge in [0.15, 0.2) is 5.78 Å². The standard InChI is InChI=1S/C26H28N2O.C8H8O/c1-6-20-21(7-2)28-24-22-18-14-15(3)12-13-19(18)26(4,5)29-25(22)17-11-9-8-10-16(17)23(24)27-20;1-7(9)8-5-3-2-4-6-8/h6-11,15,18-19H,1-2,12-14H2,3-5H3;2-6H,1H3/t15?,18-,19?;/m0./s1. The smallest absolute Gasteiger partial charge is 0.159 e. The van der Waals surface area contributed by atoms with Crippen molar-refractivity contribution in [1.29, 1.82) is 0 Å². The number of hydrogen-bond acceptors (Lipinski definition) is 4. The van der Waals surface area contributed by atoms with E-state index >= 15 is 0 Å². The predicted molar refractivity (Wildman–Crippen MR) is 158 cm³/mol. The molecule has 1 fully saturated rings. The first-order valence-electron chi connectivity index (χ1n) is 13.5. The highest BCUT2D eigenvalue weighted by atomic mass is 16.5. The van der Waals surface area contributed by atoms with Crippen LogP contribution in [0.25, 0.3) is 34.0 Å². The van der Waals surface area contributed by atoms with Crippen LogP contribution in [0.15, 0.2) is 67.8 Å². The van der Waals surface area contributed by atoms with E-state index < -0.39 is 0 Å². The Morgan fingerprint density at radius 3 is 2.13 bits per heavy atom. The third kappa shape index (κ3) is 4.53. The Labute approximate surface area is 225 Å². The second kappa shape index (κ2) is 10.2. The van der Waals surface area contributed by atoms with Crippen molar-refractivity contribution in [3.8, 4) is 5.75 Å². The fourth-order valence-electron chi connectivity index (χ4n) is 6.28. The summed E-state index contributed by atoms with van der Waals surface area (Å²) in [5.41, 5.74) is 5.32. The van der Waals surface area contributed by atoms with Gasteiger partial charge in [-0.25, -0.2) is 9.97 Å². The Balaban J connectivity index is 0.000000278. The number of rotatable bonds is 3. The van der Waals surface area contributed by atoms with Crippen LogP contribution in [0.3, 0.4) is 0 Å². The summed E-state index contributed by atoms with van der Waals surface area (Å²) >= 11 is 0. The lowest BCUT2D eigenvalue weighted by molar-refractivity contribution is -0.0115. The molecule has 1 aliphatic heterocycles. The van der Waals surface area contributed by atoms with Gasteiger partial charge in [-0.3, -0.25) is 4.79 Å². The molecule has 2 unspecified atom stereocenters. The number of carbonyl (C=O) groups is 1. The minimum atomic E-state index is -0.190. The molecule has 2 heterocycles. The molecular formula is C34H36N2O2. The van der Waals surface area contributed by atoms with Crippen LogP contribution < -0.4 is 4.74 Å². The molecule has 0 saturated heterocycles. The van der Waals surface area contributed by atoms with Crippen molar-refractivity contribution in [2.75, 3.05) is 0 Å². The number of ketones is 1. The molecule has 2 aliphatic rings. The fraction of sp³-hybridized carbons (Fsp3) is 0.324. The minimum Gasteiger partial charge on any atom is -0.487 e. The minimum absolute atomic E-state index is 0.121. The first kappa shape index (κ1) is 25.8. The number of benzene rings is 3. The van der Waals surface area contributed by atoms with Crippen molar-refractivity contribution < 1.29 is 9.53 Å². The van der Waals surface area contributed by atoms with Gasteiger partial charge in [0.05, 0.1) is 22.4 Å². The second-order valence-electron chi connectivity index (χ2n) is 11.1. The fourth-order valence-corrected chi connectivity index (χ4v) is 6.28. The molecule has 0 spiro atoms. The molecule has 194 valence electrons. The summed E-state index contributed by atoms with van der Waals surface area (Å²) in [4.78, 5) is 20.7. The molecule has 38 heavy (non-hydrogen) atoms. The lowest BCUT2D eigenvalue weighted by atomic mass is 9.64. The van der Waals surface area contributed by atoms with Crippen LogP contribution in [0.1, 0.15) is 80.2 Å². The van der Waals surface area contributed by atoms with Crippen LogP contribution in [0.4, 0.5) is 0 Å². The van der Waals surface area contributed by atoms with Gasteiger partial charge in [0.2, 0.25) is 0 Å². The average Bonchev–Trinajstić information content (AvgIpc) is 2.92. The summed E-state index contributed by atoms with van der Waals surface area (Å²) in [5.74, 6) is 2.76. The molecule has 1 aliphatic carbocycles. The van der Waals surface area contributed by atoms with Crippen molar-refractivity contribution in [3.63, 3.8) is 0 Å².